The fraction of sp³-hybridized carbons (Fsp3) is 0.391. The van der Waals surface area contributed by atoms with E-state index >= 15 is 0 Å². The van der Waals surface area contributed by atoms with Gasteiger partial charge in [-0.25, -0.2) is 0 Å². The number of piperidine rings is 1. The van der Waals surface area contributed by atoms with Gasteiger partial charge in [0, 0.05) is 25.2 Å². The number of hydrogen-bond acceptors (Lipinski definition) is 4. The molecule has 0 aliphatic carbocycles. The molecule has 1 aliphatic rings. The average molecular weight is 396 g/mol. The van der Waals surface area contributed by atoms with E-state index in [1.165, 1.54) is 12.1 Å². The van der Waals surface area contributed by atoms with Crippen molar-refractivity contribution < 1.29 is 19.8 Å². The lowest BCUT2D eigenvalue weighted by Crippen LogP contribution is -2.45. The zero-order chi connectivity index (χ0) is 21.0. The highest BCUT2D eigenvalue weighted by Gasteiger charge is 2.28. The molecule has 2 aromatic carbocycles. The van der Waals surface area contributed by atoms with E-state index in [0.29, 0.717) is 31.6 Å². The molecule has 1 saturated heterocycles. The third-order valence-electron chi connectivity index (χ3n) is 5.30. The van der Waals surface area contributed by atoms with E-state index in [2.05, 4.69) is 5.32 Å². The molecular weight excluding hydrogens is 368 g/mol. The number of aromatic hydroxyl groups is 2. The molecule has 1 aliphatic heterocycles. The van der Waals surface area contributed by atoms with E-state index in [4.69, 9.17) is 0 Å². The quantitative estimate of drug-likeness (QED) is 0.678. The number of nitrogens with zero attached hydrogens (tertiary/aromatic N) is 1. The lowest BCUT2D eigenvalue weighted by Gasteiger charge is -2.32. The first-order valence-electron chi connectivity index (χ1n) is 9.99. The van der Waals surface area contributed by atoms with Crippen molar-refractivity contribution in [2.24, 2.45) is 5.92 Å². The number of hydrogen-bond donors (Lipinski definition) is 3. The molecule has 6 nitrogen and oxygen atoms in total. The third-order valence-corrected chi connectivity index (χ3v) is 5.30. The molecule has 1 heterocycles. The van der Waals surface area contributed by atoms with Crippen molar-refractivity contribution in [1.82, 2.24) is 10.2 Å². The smallest absolute Gasteiger partial charge is 0.253 e. The van der Waals surface area contributed by atoms with Gasteiger partial charge in [0.15, 0.2) is 11.5 Å². The summed E-state index contributed by atoms with van der Waals surface area (Å²) in [6.45, 7) is 5.48. The molecule has 3 N–H and O–H groups in total. The molecule has 0 saturated carbocycles. The Bertz CT molecular complexity index is 889. The Labute approximate surface area is 171 Å². The molecule has 0 radical (unpaired) electrons. The summed E-state index contributed by atoms with van der Waals surface area (Å²) in [6.07, 6.45) is 2.13. The van der Waals surface area contributed by atoms with Crippen molar-refractivity contribution in [3.8, 4) is 11.5 Å². The second-order valence-corrected chi connectivity index (χ2v) is 7.83. The summed E-state index contributed by atoms with van der Waals surface area (Å²) in [4.78, 5) is 27.2. The summed E-state index contributed by atoms with van der Waals surface area (Å²) >= 11 is 0. The first-order chi connectivity index (χ1) is 13.8. The Hall–Kier alpha value is -3.02. The molecule has 3 rings (SSSR count). The third kappa shape index (κ3) is 5.28. The van der Waals surface area contributed by atoms with Gasteiger partial charge in [0.25, 0.3) is 5.91 Å². The maximum atomic E-state index is 12.9. The second kappa shape index (κ2) is 8.99. The minimum atomic E-state index is -0.216. The van der Waals surface area contributed by atoms with Gasteiger partial charge in [-0.05, 0) is 62.9 Å². The topological polar surface area (TPSA) is 89.9 Å². The van der Waals surface area contributed by atoms with Crippen LogP contribution in [0.4, 0.5) is 0 Å². The van der Waals surface area contributed by atoms with Crippen LogP contribution >= 0.6 is 0 Å². The summed E-state index contributed by atoms with van der Waals surface area (Å²) in [5.41, 5.74) is 3.62. The normalized spacial score (nSPS) is 16.5. The summed E-state index contributed by atoms with van der Waals surface area (Å²) < 4.78 is 0. The maximum Gasteiger partial charge on any atom is 0.253 e. The fourth-order valence-corrected chi connectivity index (χ4v) is 3.86. The molecule has 6 heteroatoms. The number of nitrogens with one attached hydrogen (secondary N) is 1. The van der Waals surface area contributed by atoms with Gasteiger partial charge < -0.3 is 20.4 Å². The predicted octanol–water partition coefficient (Wildman–Crippen LogP) is 2.93. The molecule has 0 aromatic heterocycles. The first-order valence-corrected chi connectivity index (χ1v) is 9.99. The fourth-order valence-electron chi connectivity index (χ4n) is 3.86. The average Bonchev–Trinajstić information content (AvgIpc) is 2.69. The largest absolute Gasteiger partial charge is 0.504 e. The predicted molar refractivity (Wildman–Crippen MR) is 111 cm³/mol. The number of aryl methyl sites for hydroxylation is 2. The molecule has 1 fully saturated rings. The number of likely N-dealkylation sites (tertiary alicyclic amines) is 1. The van der Waals surface area contributed by atoms with Crippen LogP contribution in [0, 0.1) is 19.8 Å². The highest BCUT2D eigenvalue weighted by molar-refractivity contribution is 5.95. The molecule has 0 bridgehead atoms. The van der Waals surface area contributed by atoms with Gasteiger partial charge in [0.1, 0.15) is 0 Å². The zero-order valence-corrected chi connectivity index (χ0v) is 16.9. The number of benzene rings is 2. The van der Waals surface area contributed by atoms with E-state index < -0.39 is 0 Å². The van der Waals surface area contributed by atoms with Crippen LogP contribution in [0.25, 0.3) is 0 Å². The van der Waals surface area contributed by atoms with Gasteiger partial charge in [-0.15, -0.1) is 0 Å². The summed E-state index contributed by atoms with van der Waals surface area (Å²) in [6, 6.07) is 10.5. The van der Waals surface area contributed by atoms with Crippen LogP contribution in [0.1, 0.15) is 39.9 Å². The highest BCUT2D eigenvalue weighted by Crippen LogP contribution is 2.25. The standard InChI is InChI=1S/C23H28N2O4/c1-15-10-16(2)12-19(11-15)23(29)25-9-3-4-18(14-25)22(28)24-8-7-17-5-6-20(26)21(27)13-17/h5-6,10-13,18,26-27H,3-4,7-9,14H2,1-2H3,(H,24,28)/t18-/m1/s1. The molecule has 29 heavy (non-hydrogen) atoms. The monoisotopic (exact) mass is 396 g/mol. The molecule has 2 aromatic rings. The minimum absolute atomic E-state index is 0.0196. The summed E-state index contributed by atoms with van der Waals surface area (Å²) in [5, 5.41) is 21.8. The van der Waals surface area contributed by atoms with Crippen molar-refractivity contribution in [2.75, 3.05) is 19.6 Å². The molecular formula is C23H28N2O4. The van der Waals surface area contributed by atoms with E-state index in [0.717, 1.165) is 29.5 Å². The highest BCUT2D eigenvalue weighted by atomic mass is 16.3. The van der Waals surface area contributed by atoms with E-state index in [-0.39, 0.29) is 29.2 Å². The lowest BCUT2D eigenvalue weighted by molar-refractivity contribution is -0.126. The van der Waals surface area contributed by atoms with Crippen molar-refractivity contribution in [3.63, 3.8) is 0 Å². The van der Waals surface area contributed by atoms with E-state index in [1.807, 2.05) is 32.0 Å². The van der Waals surface area contributed by atoms with Gasteiger partial charge in [0.05, 0.1) is 5.92 Å². The van der Waals surface area contributed by atoms with Gasteiger partial charge >= 0.3 is 0 Å². The number of rotatable bonds is 5. The molecule has 0 spiro atoms. The molecule has 1 atom stereocenters. The Balaban J connectivity index is 1.54. The molecule has 0 unspecified atom stereocenters. The lowest BCUT2D eigenvalue weighted by atomic mass is 9.96. The van der Waals surface area contributed by atoms with Crippen LogP contribution in [0.2, 0.25) is 0 Å². The Morgan fingerprint density at radius 1 is 1.07 bits per heavy atom. The number of amides is 2. The van der Waals surface area contributed by atoms with Gasteiger partial charge in [0.2, 0.25) is 5.91 Å². The Morgan fingerprint density at radius 2 is 1.79 bits per heavy atom. The number of phenolic OH excluding ortho intramolecular Hbond substituents is 2. The minimum Gasteiger partial charge on any atom is -0.504 e. The first kappa shape index (κ1) is 20.7. The number of carbonyl (C=O) groups excluding carboxylic acids is 2. The zero-order valence-electron chi connectivity index (χ0n) is 16.9. The Morgan fingerprint density at radius 3 is 2.48 bits per heavy atom. The second-order valence-electron chi connectivity index (χ2n) is 7.83. The molecule has 154 valence electrons. The van der Waals surface area contributed by atoms with Crippen LogP contribution in [0.5, 0.6) is 11.5 Å². The van der Waals surface area contributed by atoms with Gasteiger partial charge in [-0.1, -0.05) is 23.3 Å². The van der Waals surface area contributed by atoms with Crippen molar-refractivity contribution in [3.05, 3.63) is 58.7 Å². The SMILES string of the molecule is Cc1cc(C)cc(C(=O)N2CCC[C@@H](C(=O)NCCc3ccc(O)c(O)c3)C2)c1. The van der Waals surface area contributed by atoms with Gasteiger partial charge in [-0.2, -0.15) is 0 Å². The van der Waals surface area contributed by atoms with Crippen LogP contribution in [0.15, 0.2) is 36.4 Å². The van der Waals surface area contributed by atoms with Crippen molar-refractivity contribution >= 4 is 11.8 Å². The van der Waals surface area contributed by atoms with Crippen LogP contribution in [0.3, 0.4) is 0 Å². The Kier molecular flexibility index (Phi) is 6.42. The van der Waals surface area contributed by atoms with E-state index in [1.54, 1.807) is 11.0 Å². The number of carbonyl (C=O) groups is 2. The number of phenols is 2. The van der Waals surface area contributed by atoms with Crippen LogP contribution in [-0.4, -0.2) is 46.6 Å². The van der Waals surface area contributed by atoms with Crippen LogP contribution in [-0.2, 0) is 11.2 Å². The van der Waals surface area contributed by atoms with Crippen molar-refractivity contribution in [2.45, 2.75) is 33.1 Å². The summed E-state index contributed by atoms with van der Waals surface area (Å²) in [5.74, 6) is -0.609. The van der Waals surface area contributed by atoms with Gasteiger partial charge in [-0.3, -0.25) is 9.59 Å². The van der Waals surface area contributed by atoms with E-state index in [9.17, 15) is 19.8 Å². The maximum absolute atomic E-state index is 12.9. The van der Waals surface area contributed by atoms with Crippen LogP contribution < -0.4 is 5.32 Å². The summed E-state index contributed by atoms with van der Waals surface area (Å²) in [7, 11) is 0. The molecule has 2 amide bonds. The van der Waals surface area contributed by atoms with Crippen molar-refractivity contribution in [1.29, 1.82) is 0 Å².